The summed E-state index contributed by atoms with van der Waals surface area (Å²) in [6.07, 6.45) is 6.11. The fraction of sp³-hybridized carbons (Fsp3) is 0.333. The van der Waals surface area contributed by atoms with Crippen molar-refractivity contribution in [2.24, 2.45) is 0 Å². The molecule has 0 aromatic carbocycles. The van der Waals surface area contributed by atoms with Crippen molar-refractivity contribution in [3.05, 3.63) is 35.5 Å². The van der Waals surface area contributed by atoms with Gasteiger partial charge in [-0.15, -0.1) is 0 Å². The van der Waals surface area contributed by atoms with E-state index in [4.69, 9.17) is 11.6 Å². The fourth-order valence-corrected chi connectivity index (χ4v) is 0.950. The highest BCUT2D eigenvalue weighted by Crippen LogP contribution is 2.07. The zero-order valence-corrected chi connectivity index (χ0v) is 7.30. The highest BCUT2D eigenvalue weighted by atomic mass is 35.5. The standard InChI is InChI=1S/C9H11ClN/c1-2-3-4-8-5-6-9(10)11-7-8/h3,5-7H,2,4H2,1H3. The highest BCUT2D eigenvalue weighted by molar-refractivity contribution is 6.29. The number of hydrogen-bond acceptors (Lipinski definition) is 1. The Labute approximate surface area is 72.4 Å². The maximum absolute atomic E-state index is 5.62. The van der Waals surface area contributed by atoms with E-state index in [1.807, 2.05) is 18.3 Å². The summed E-state index contributed by atoms with van der Waals surface area (Å²) in [5.74, 6) is 0. The topological polar surface area (TPSA) is 12.9 Å². The summed E-state index contributed by atoms with van der Waals surface area (Å²) in [5, 5.41) is 0.560. The number of aromatic nitrogens is 1. The van der Waals surface area contributed by atoms with Gasteiger partial charge in [-0.3, -0.25) is 0 Å². The van der Waals surface area contributed by atoms with E-state index in [-0.39, 0.29) is 0 Å². The van der Waals surface area contributed by atoms with Gasteiger partial charge in [0.15, 0.2) is 0 Å². The van der Waals surface area contributed by atoms with E-state index in [0.717, 1.165) is 12.8 Å². The predicted molar refractivity (Wildman–Crippen MR) is 47.5 cm³/mol. The molecule has 11 heavy (non-hydrogen) atoms. The maximum Gasteiger partial charge on any atom is 0.129 e. The Balaban J connectivity index is 2.52. The van der Waals surface area contributed by atoms with E-state index in [1.54, 1.807) is 0 Å². The summed E-state index contributed by atoms with van der Waals surface area (Å²) in [6, 6.07) is 3.82. The van der Waals surface area contributed by atoms with E-state index >= 15 is 0 Å². The first-order valence-electron chi connectivity index (χ1n) is 3.75. The quantitative estimate of drug-likeness (QED) is 0.633. The molecule has 0 unspecified atom stereocenters. The number of hydrogen-bond donors (Lipinski definition) is 0. The predicted octanol–water partition coefficient (Wildman–Crippen LogP) is 2.89. The molecule has 0 bridgehead atoms. The summed E-state index contributed by atoms with van der Waals surface area (Å²) in [7, 11) is 0. The van der Waals surface area contributed by atoms with Gasteiger partial charge in [0.1, 0.15) is 5.15 Å². The van der Waals surface area contributed by atoms with Crippen LogP contribution in [0.2, 0.25) is 5.15 Å². The first-order chi connectivity index (χ1) is 5.33. The second-order valence-corrected chi connectivity index (χ2v) is 2.78. The van der Waals surface area contributed by atoms with Gasteiger partial charge in [-0.1, -0.05) is 31.0 Å². The molecule has 0 aliphatic heterocycles. The molecular weight excluding hydrogens is 158 g/mol. The lowest BCUT2D eigenvalue weighted by Crippen LogP contribution is -1.86. The summed E-state index contributed by atoms with van der Waals surface area (Å²) in [5.41, 5.74) is 1.22. The fourth-order valence-electron chi connectivity index (χ4n) is 0.838. The molecule has 2 heteroatoms. The van der Waals surface area contributed by atoms with E-state index < -0.39 is 0 Å². The SMILES string of the molecule is CC[CH]Cc1ccc(Cl)nc1. The molecule has 1 aromatic rings. The van der Waals surface area contributed by atoms with Gasteiger partial charge in [0.25, 0.3) is 0 Å². The van der Waals surface area contributed by atoms with Crippen molar-refractivity contribution >= 4 is 11.6 Å². The van der Waals surface area contributed by atoms with Crippen molar-refractivity contribution in [3.63, 3.8) is 0 Å². The van der Waals surface area contributed by atoms with Crippen LogP contribution in [-0.4, -0.2) is 4.98 Å². The highest BCUT2D eigenvalue weighted by Gasteiger charge is 1.92. The summed E-state index contributed by atoms with van der Waals surface area (Å²) in [6.45, 7) is 2.13. The minimum atomic E-state index is 0.560. The van der Waals surface area contributed by atoms with E-state index in [2.05, 4.69) is 18.3 Å². The Hall–Kier alpha value is -0.560. The number of unbranched alkanes of at least 4 members (excludes halogenated alkanes) is 1. The molecule has 0 aliphatic carbocycles. The van der Waals surface area contributed by atoms with Crippen molar-refractivity contribution in [1.82, 2.24) is 4.98 Å². The second-order valence-electron chi connectivity index (χ2n) is 2.39. The first kappa shape index (κ1) is 8.54. The van der Waals surface area contributed by atoms with Gasteiger partial charge in [0.05, 0.1) is 0 Å². The van der Waals surface area contributed by atoms with Gasteiger partial charge in [-0.05, 0) is 24.5 Å². The molecular formula is C9H11ClN. The molecule has 0 amide bonds. The average molecular weight is 169 g/mol. The molecule has 0 spiro atoms. The van der Waals surface area contributed by atoms with Crippen LogP contribution in [0, 0.1) is 6.42 Å². The van der Waals surface area contributed by atoms with Crippen molar-refractivity contribution in [3.8, 4) is 0 Å². The van der Waals surface area contributed by atoms with Crippen LogP contribution in [-0.2, 0) is 6.42 Å². The van der Waals surface area contributed by atoms with E-state index in [9.17, 15) is 0 Å². The lowest BCUT2D eigenvalue weighted by molar-refractivity contribution is 0.989. The van der Waals surface area contributed by atoms with Gasteiger partial charge in [-0.2, -0.15) is 0 Å². The van der Waals surface area contributed by atoms with Gasteiger partial charge in [-0.25, -0.2) is 4.98 Å². The number of halogens is 1. The van der Waals surface area contributed by atoms with Gasteiger partial charge < -0.3 is 0 Å². The number of rotatable bonds is 3. The molecule has 0 saturated carbocycles. The minimum absolute atomic E-state index is 0.560. The third kappa shape index (κ3) is 2.89. The zero-order valence-electron chi connectivity index (χ0n) is 6.55. The average Bonchev–Trinajstić information content (AvgIpc) is 2.04. The van der Waals surface area contributed by atoms with Crippen LogP contribution in [0.1, 0.15) is 18.9 Å². The molecule has 0 N–H and O–H groups in total. The monoisotopic (exact) mass is 168 g/mol. The molecule has 59 valence electrons. The molecule has 1 radical (unpaired) electrons. The van der Waals surface area contributed by atoms with Crippen LogP contribution < -0.4 is 0 Å². The molecule has 0 aliphatic rings. The Bertz CT molecular complexity index is 205. The van der Waals surface area contributed by atoms with Crippen LogP contribution >= 0.6 is 11.6 Å². The van der Waals surface area contributed by atoms with E-state index in [0.29, 0.717) is 5.15 Å². The normalized spacial score (nSPS) is 10.0. The summed E-state index contributed by atoms with van der Waals surface area (Å²) in [4.78, 5) is 3.98. The van der Waals surface area contributed by atoms with Gasteiger partial charge in [0, 0.05) is 6.20 Å². The molecule has 1 nitrogen and oxygen atoms in total. The van der Waals surface area contributed by atoms with Crippen LogP contribution in [0.3, 0.4) is 0 Å². The number of nitrogens with zero attached hydrogens (tertiary/aromatic N) is 1. The van der Waals surface area contributed by atoms with Crippen LogP contribution in [0.4, 0.5) is 0 Å². The van der Waals surface area contributed by atoms with Gasteiger partial charge in [0.2, 0.25) is 0 Å². The molecule has 0 fully saturated rings. The third-order valence-corrected chi connectivity index (χ3v) is 1.68. The second kappa shape index (κ2) is 4.35. The Morgan fingerprint density at radius 2 is 2.36 bits per heavy atom. The Morgan fingerprint density at radius 1 is 1.55 bits per heavy atom. The minimum Gasteiger partial charge on any atom is -0.244 e. The molecule has 1 rings (SSSR count). The molecule has 0 saturated heterocycles. The largest absolute Gasteiger partial charge is 0.244 e. The molecule has 0 atom stereocenters. The Kier molecular flexibility index (Phi) is 3.37. The number of pyridine rings is 1. The summed E-state index contributed by atoms with van der Waals surface area (Å²) >= 11 is 5.62. The van der Waals surface area contributed by atoms with E-state index in [1.165, 1.54) is 5.56 Å². The Morgan fingerprint density at radius 3 is 2.91 bits per heavy atom. The van der Waals surface area contributed by atoms with Crippen molar-refractivity contribution < 1.29 is 0 Å². The van der Waals surface area contributed by atoms with Crippen molar-refractivity contribution in [2.75, 3.05) is 0 Å². The summed E-state index contributed by atoms with van der Waals surface area (Å²) < 4.78 is 0. The lowest BCUT2D eigenvalue weighted by Gasteiger charge is -1.97. The zero-order chi connectivity index (χ0) is 8.10. The third-order valence-electron chi connectivity index (χ3n) is 1.46. The van der Waals surface area contributed by atoms with Crippen molar-refractivity contribution in [1.29, 1.82) is 0 Å². The van der Waals surface area contributed by atoms with Crippen LogP contribution in [0.15, 0.2) is 18.3 Å². The molecule has 1 aromatic heterocycles. The first-order valence-corrected chi connectivity index (χ1v) is 4.13. The van der Waals surface area contributed by atoms with Gasteiger partial charge >= 0.3 is 0 Å². The van der Waals surface area contributed by atoms with Crippen molar-refractivity contribution in [2.45, 2.75) is 19.8 Å². The van der Waals surface area contributed by atoms with Crippen LogP contribution in [0.5, 0.6) is 0 Å². The maximum atomic E-state index is 5.62. The van der Waals surface area contributed by atoms with Crippen LogP contribution in [0.25, 0.3) is 0 Å². The smallest absolute Gasteiger partial charge is 0.129 e. The lowest BCUT2D eigenvalue weighted by atomic mass is 10.1. The molecule has 1 heterocycles.